The van der Waals surface area contributed by atoms with Crippen molar-refractivity contribution in [3.63, 3.8) is 0 Å². The lowest BCUT2D eigenvalue weighted by atomic mass is 9.85. The molecule has 21 heavy (non-hydrogen) atoms. The predicted octanol–water partition coefficient (Wildman–Crippen LogP) is 2.78. The van der Waals surface area contributed by atoms with Crippen molar-refractivity contribution in [2.45, 2.75) is 50.7 Å². The van der Waals surface area contributed by atoms with Gasteiger partial charge in [0, 0.05) is 6.54 Å². The molecule has 3 N–H and O–H groups in total. The quantitative estimate of drug-likeness (QED) is 0.678. The monoisotopic (exact) mass is 295 g/mol. The van der Waals surface area contributed by atoms with Crippen molar-refractivity contribution in [3.8, 4) is 0 Å². The number of rotatable bonds is 7. The van der Waals surface area contributed by atoms with Gasteiger partial charge in [0.2, 0.25) is 0 Å². The number of halogens is 1. The van der Waals surface area contributed by atoms with Crippen molar-refractivity contribution in [3.05, 3.63) is 35.6 Å². The summed E-state index contributed by atoms with van der Waals surface area (Å²) in [6, 6.07) is 6.11. The molecule has 1 saturated carbocycles. The number of nitrogens with one attached hydrogen (secondary N) is 1. The molecule has 0 amide bonds. The Kier molecular flexibility index (Phi) is 6.61. The summed E-state index contributed by atoms with van der Waals surface area (Å²) >= 11 is 0. The van der Waals surface area contributed by atoms with Gasteiger partial charge in [0.15, 0.2) is 0 Å². The second-order valence-electron chi connectivity index (χ2n) is 6.09. The van der Waals surface area contributed by atoms with Crippen molar-refractivity contribution in [1.29, 1.82) is 0 Å². The van der Waals surface area contributed by atoms with E-state index >= 15 is 0 Å². The maximum Gasteiger partial charge on any atom is 0.123 e. The molecule has 1 aliphatic rings. The summed E-state index contributed by atoms with van der Waals surface area (Å²) in [5.74, 6) is 0.425. The van der Waals surface area contributed by atoms with Crippen LogP contribution in [0.15, 0.2) is 24.3 Å². The summed E-state index contributed by atoms with van der Waals surface area (Å²) < 4.78 is 13.1. The van der Waals surface area contributed by atoms with Crippen LogP contribution in [0.5, 0.6) is 0 Å². The average Bonchev–Trinajstić information content (AvgIpc) is 2.48. The van der Waals surface area contributed by atoms with Crippen LogP contribution in [0, 0.1) is 11.7 Å². The Morgan fingerprint density at radius 1 is 1.24 bits per heavy atom. The maximum atomic E-state index is 13.1. The van der Waals surface area contributed by atoms with Gasteiger partial charge in [-0.1, -0.05) is 12.1 Å². The van der Waals surface area contributed by atoms with Gasteiger partial charge in [0.05, 0.1) is 12.2 Å². The van der Waals surface area contributed by atoms with Gasteiger partial charge < -0.3 is 15.5 Å². The average molecular weight is 295 g/mol. The molecule has 0 bridgehead atoms. The van der Waals surface area contributed by atoms with Gasteiger partial charge in [-0.05, 0) is 68.7 Å². The second-order valence-corrected chi connectivity index (χ2v) is 6.09. The molecule has 0 spiro atoms. The molecular formula is C17H26FNO2. The zero-order valence-electron chi connectivity index (χ0n) is 12.5. The molecule has 0 aliphatic heterocycles. The number of aliphatic hydroxyl groups excluding tert-OH is 2. The fraction of sp³-hybridized carbons (Fsp3) is 0.647. The van der Waals surface area contributed by atoms with Crippen molar-refractivity contribution in [1.82, 2.24) is 5.32 Å². The lowest BCUT2D eigenvalue weighted by Crippen LogP contribution is -2.24. The first-order chi connectivity index (χ1) is 10.1. The standard InChI is InChI=1S/C17H26FNO2/c18-15-5-1-4-14(11-15)17(21)12-19-10-2-3-13-6-8-16(20)9-7-13/h1,4-5,11,13,16-17,19-21H,2-3,6-10,12H2/t13?,16?,17-/m0/s1. The van der Waals surface area contributed by atoms with Crippen LogP contribution < -0.4 is 5.32 Å². The van der Waals surface area contributed by atoms with Gasteiger partial charge >= 0.3 is 0 Å². The van der Waals surface area contributed by atoms with Crippen LogP contribution in [-0.2, 0) is 0 Å². The number of aliphatic hydroxyl groups is 2. The van der Waals surface area contributed by atoms with E-state index in [0.29, 0.717) is 12.1 Å². The van der Waals surface area contributed by atoms with Gasteiger partial charge in [-0.3, -0.25) is 0 Å². The lowest BCUT2D eigenvalue weighted by molar-refractivity contribution is 0.106. The molecule has 1 aromatic carbocycles. The van der Waals surface area contributed by atoms with Gasteiger partial charge in [0.1, 0.15) is 5.82 Å². The topological polar surface area (TPSA) is 52.5 Å². The van der Waals surface area contributed by atoms with E-state index in [2.05, 4.69) is 5.32 Å². The molecule has 3 nitrogen and oxygen atoms in total. The van der Waals surface area contributed by atoms with Gasteiger partial charge in [-0.15, -0.1) is 0 Å². The van der Waals surface area contributed by atoms with E-state index in [1.165, 1.54) is 18.6 Å². The lowest BCUT2D eigenvalue weighted by Gasteiger charge is -2.25. The Bertz CT molecular complexity index is 419. The van der Waals surface area contributed by atoms with Crippen LogP contribution in [-0.4, -0.2) is 29.4 Å². The highest BCUT2D eigenvalue weighted by Crippen LogP contribution is 2.27. The molecule has 0 heterocycles. The largest absolute Gasteiger partial charge is 0.393 e. The summed E-state index contributed by atoms with van der Waals surface area (Å²) in [5, 5.41) is 22.7. The van der Waals surface area contributed by atoms with Crippen LogP contribution >= 0.6 is 0 Å². The zero-order valence-corrected chi connectivity index (χ0v) is 12.5. The molecule has 1 aromatic rings. The highest BCUT2D eigenvalue weighted by atomic mass is 19.1. The first-order valence-corrected chi connectivity index (χ1v) is 7.97. The molecular weight excluding hydrogens is 269 g/mol. The van der Waals surface area contributed by atoms with Gasteiger partial charge in [-0.2, -0.15) is 0 Å². The molecule has 2 rings (SSSR count). The van der Waals surface area contributed by atoms with Crippen molar-refractivity contribution < 1.29 is 14.6 Å². The third kappa shape index (κ3) is 5.73. The summed E-state index contributed by atoms with van der Waals surface area (Å²) in [6.07, 6.45) is 5.66. The molecule has 118 valence electrons. The minimum atomic E-state index is -0.662. The predicted molar refractivity (Wildman–Crippen MR) is 81.4 cm³/mol. The van der Waals surface area contributed by atoms with E-state index in [4.69, 9.17) is 0 Å². The Hall–Kier alpha value is -0.970. The zero-order chi connectivity index (χ0) is 15.1. The van der Waals surface area contributed by atoms with E-state index in [-0.39, 0.29) is 11.9 Å². The molecule has 0 radical (unpaired) electrons. The molecule has 0 saturated heterocycles. The van der Waals surface area contributed by atoms with Crippen molar-refractivity contribution >= 4 is 0 Å². The van der Waals surface area contributed by atoms with E-state index in [1.807, 2.05) is 0 Å². The molecule has 1 aliphatic carbocycles. The summed E-state index contributed by atoms with van der Waals surface area (Å²) in [7, 11) is 0. The van der Waals surface area contributed by atoms with Crippen LogP contribution in [0.25, 0.3) is 0 Å². The third-order valence-corrected chi connectivity index (χ3v) is 4.35. The fourth-order valence-corrected chi connectivity index (χ4v) is 3.02. The van der Waals surface area contributed by atoms with E-state index < -0.39 is 6.10 Å². The highest BCUT2D eigenvalue weighted by molar-refractivity contribution is 5.18. The summed E-state index contributed by atoms with van der Waals surface area (Å²) in [4.78, 5) is 0. The third-order valence-electron chi connectivity index (χ3n) is 4.35. The van der Waals surface area contributed by atoms with Gasteiger partial charge in [-0.25, -0.2) is 4.39 Å². The Morgan fingerprint density at radius 3 is 2.71 bits per heavy atom. The normalized spacial score (nSPS) is 24.0. The number of benzene rings is 1. The van der Waals surface area contributed by atoms with Crippen molar-refractivity contribution in [2.75, 3.05) is 13.1 Å². The Morgan fingerprint density at radius 2 is 2.00 bits per heavy atom. The minimum Gasteiger partial charge on any atom is -0.393 e. The Labute approximate surface area is 126 Å². The first-order valence-electron chi connectivity index (χ1n) is 7.97. The fourth-order valence-electron chi connectivity index (χ4n) is 3.02. The smallest absolute Gasteiger partial charge is 0.123 e. The molecule has 1 fully saturated rings. The maximum absolute atomic E-state index is 13.1. The highest BCUT2D eigenvalue weighted by Gasteiger charge is 2.18. The SMILES string of the molecule is OC1CCC(CCCNC[C@H](O)c2cccc(F)c2)CC1. The van der Waals surface area contributed by atoms with E-state index in [9.17, 15) is 14.6 Å². The van der Waals surface area contributed by atoms with Crippen molar-refractivity contribution in [2.24, 2.45) is 5.92 Å². The molecule has 0 unspecified atom stereocenters. The summed E-state index contributed by atoms with van der Waals surface area (Å²) in [6.45, 7) is 1.32. The van der Waals surface area contributed by atoms with Crippen LogP contribution in [0.3, 0.4) is 0 Å². The van der Waals surface area contributed by atoms with E-state index in [0.717, 1.165) is 44.6 Å². The minimum absolute atomic E-state index is 0.0826. The van der Waals surface area contributed by atoms with Crippen LogP contribution in [0.2, 0.25) is 0 Å². The van der Waals surface area contributed by atoms with Crippen LogP contribution in [0.4, 0.5) is 4.39 Å². The summed E-state index contributed by atoms with van der Waals surface area (Å²) in [5.41, 5.74) is 0.615. The Balaban J connectivity index is 1.57. The van der Waals surface area contributed by atoms with Crippen LogP contribution in [0.1, 0.15) is 50.2 Å². The molecule has 4 heteroatoms. The van der Waals surface area contributed by atoms with E-state index in [1.54, 1.807) is 12.1 Å². The molecule has 1 atom stereocenters. The number of hydrogen-bond donors (Lipinski definition) is 3. The second kappa shape index (κ2) is 8.47. The first kappa shape index (κ1) is 16.4. The number of hydrogen-bond acceptors (Lipinski definition) is 3. The molecule has 0 aromatic heterocycles. The van der Waals surface area contributed by atoms with Gasteiger partial charge in [0.25, 0.3) is 0 Å².